The van der Waals surface area contributed by atoms with Gasteiger partial charge in [0.1, 0.15) is 29.3 Å². The molecule has 4 aromatic rings. The van der Waals surface area contributed by atoms with Crippen LogP contribution in [0.2, 0.25) is 0 Å². The highest BCUT2D eigenvalue weighted by molar-refractivity contribution is 6.04. The zero-order valence-electron chi connectivity index (χ0n) is 15.3. The van der Waals surface area contributed by atoms with Crippen molar-refractivity contribution in [3.63, 3.8) is 0 Å². The maximum atomic E-state index is 13.8. The van der Waals surface area contributed by atoms with Crippen LogP contribution in [0.1, 0.15) is 15.9 Å². The molecule has 5 nitrogen and oxygen atoms in total. The third kappa shape index (κ3) is 3.75. The number of aromatic nitrogens is 2. The van der Waals surface area contributed by atoms with E-state index in [4.69, 9.17) is 4.42 Å². The Bertz CT molecular complexity index is 1150. The Labute approximate surface area is 165 Å². The fraction of sp³-hybridized carbons (Fsp3) is 0.0455. The number of carbonyl (C=O) groups excluding carboxylic acids is 1. The molecular formula is C22H15F2N3O2. The Balaban J connectivity index is 1.59. The summed E-state index contributed by atoms with van der Waals surface area (Å²) in [6, 6.07) is 12.4. The van der Waals surface area contributed by atoms with Crippen LogP contribution in [0, 0.1) is 18.6 Å². The summed E-state index contributed by atoms with van der Waals surface area (Å²) in [6.45, 7) is 1.96. The highest BCUT2D eigenvalue weighted by atomic mass is 19.1. The zero-order valence-corrected chi connectivity index (χ0v) is 15.3. The van der Waals surface area contributed by atoms with Gasteiger partial charge in [-0.1, -0.05) is 12.1 Å². The number of amides is 1. The molecule has 0 spiro atoms. The first-order chi connectivity index (χ1) is 14.0. The molecule has 7 heteroatoms. The Kier molecular flexibility index (Phi) is 4.87. The molecule has 0 aliphatic rings. The predicted molar refractivity (Wildman–Crippen MR) is 104 cm³/mol. The third-order valence-corrected chi connectivity index (χ3v) is 4.42. The first-order valence-corrected chi connectivity index (χ1v) is 8.75. The second kappa shape index (κ2) is 7.63. The van der Waals surface area contributed by atoms with E-state index in [0.717, 1.165) is 34.4 Å². The molecule has 0 bridgehead atoms. The number of nitrogens with zero attached hydrogens (tertiary/aromatic N) is 2. The van der Waals surface area contributed by atoms with Gasteiger partial charge in [-0.15, -0.1) is 0 Å². The average Bonchev–Trinajstić information content (AvgIpc) is 3.24. The van der Waals surface area contributed by atoms with E-state index in [-0.39, 0.29) is 5.82 Å². The number of hydrogen-bond donors (Lipinski definition) is 1. The highest BCUT2D eigenvalue weighted by Crippen LogP contribution is 2.29. The van der Waals surface area contributed by atoms with Gasteiger partial charge in [0.2, 0.25) is 5.89 Å². The normalized spacial score (nSPS) is 10.7. The fourth-order valence-electron chi connectivity index (χ4n) is 2.95. The molecule has 2 heterocycles. The minimum absolute atomic E-state index is 0.183. The van der Waals surface area contributed by atoms with E-state index in [0.29, 0.717) is 5.89 Å². The molecule has 2 aromatic carbocycles. The van der Waals surface area contributed by atoms with E-state index < -0.39 is 23.1 Å². The van der Waals surface area contributed by atoms with Crippen molar-refractivity contribution in [3.8, 4) is 22.6 Å². The van der Waals surface area contributed by atoms with Gasteiger partial charge in [0.05, 0.1) is 6.20 Å². The number of pyridine rings is 1. The number of aryl methyl sites for hydroxylation is 1. The molecule has 0 saturated heterocycles. The third-order valence-electron chi connectivity index (χ3n) is 4.42. The molecule has 0 saturated carbocycles. The van der Waals surface area contributed by atoms with Crippen molar-refractivity contribution in [3.05, 3.63) is 89.9 Å². The number of nitrogens with one attached hydrogen (secondary N) is 1. The van der Waals surface area contributed by atoms with E-state index in [1.807, 2.05) is 25.1 Å². The molecule has 1 N–H and O–H groups in total. The van der Waals surface area contributed by atoms with Crippen LogP contribution in [-0.4, -0.2) is 15.9 Å². The molecule has 0 radical (unpaired) electrons. The monoisotopic (exact) mass is 391 g/mol. The van der Waals surface area contributed by atoms with Crippen molar-refractivity contribution >= 4 is 11.7 Å². The molecule has 0 atom stereocenters. The first-order valence-electron chi connectivity index (χ1n) is 8.75. The van der Waals surface area contributed by atoms with E-state index in [1.165, 1.54) is 12.3 Å². The van der Waals surface area contributed by atoms with Gasteiger partial charge < -0.3 is 9.73 Å². The van der Waals surface area contributed by atoms with Gasteiger partial charge >= 0.3 is 0 Å². The van der Waals surface area contributed by atoms with Crippen molar-refractivity contribution in [1.29, 1.82) is 0 Å². The van der Waals surface area contributed by atoms with Gasteiger partial charge in [-0.25, -0.2) is 18.7 Å². The molecule has 0 aliphatic heterocycles. The summed E-state index contributed by atoms with van der Waals surface area (Å²) >= 11 is 0. The summed E-state index contributed by atoms with van der Waals surface area (Å²) in [6.07, 6.45) is 4.66. The van der Waals surface area contributed by atoms with Crippen molar-refractivity contribution in [2.45, 2.75) is 6.92 Å². The number of hydrogen-bond acceptors (Lipinski definition) is 4. The van der Waals surface area contributed by atoms with E-state index in [2.05, 4.69) is 15.3 Å². The first kappa shape index (κ1) is 18.5. The van der Waals surface area contributed by atoms with Gasteiger partial charge in [-0.3, -0.25) is 4.79 Å². The molecule has 144 valence electrons. The fourth-order valence-corrected chi connectivity index (χ4v) is 2.95. The predicted octanol–water partition coefficient (Wildman–Crippen LogP) is 5.24. The molecular weight excluding hydrogens is 376 g/mol. The average molecular weight is 391 g/mol. The molecule has 4 rings (SSSR count). The maximum absolute atomic E-state index is 13.8. The van der Waals surface area contributed by atoms with E-state index in [1.54, 1.807) is 24.5 Å². The smallest absolute Gasteiger partial charge is 0.262 e. The molecule has 2 aromatic heterocycles. The van der Waals surface area contributed by atoms with Gasteiger partial charge in [-0.2, -0.15) is 0 Å². The van der Waals surface area contributed by atoms with E-state index >= 15 is 0 Å². The van der Waals surface area contributed by atoms with Crippen molar-refractivity contribution < 1.29 is 18.0 Å². The standard InChI is InChI=1S/C22H15F2N3O2/c1-13-5-6-14(22-25-9-10-29-22)11-16(13)15-7-8-19(26-12-15)27-21(28)20-17(23)3-2-4-18(20)24/h2-12H,1H3,(H,26,27,28). The van der Waals surface area contributed by atoms with Gasteiger partial charge in [-0.05, 0) is 54.4 Å². The Hall–Kier alpha value is -3.87. The van der Waals surface area contributed by atoms with Crippen molar-refractivity contribution in [2.75, 3.05) is 5.32 Å². The number of rotatable bonds is 4. The van der Waals surface area contributed by atoms with Crippen LogP contribution in [0.25, 0.3) is 22.6 Å². The minimum Gasteiger partial charge on any atom is -0.445 e. The lowest BCUT2D eigenvalue weighted by Crippen LogP contribution is -2.16. The lowest BCUT2D eigenvalue weighted by atomic mass is 9.99. The Morgan fingerprint density at radius 3 is 2.41 bits per heavy atom. The Morgan fingerprint density at radius 1 is 1.00 bits per heavy atom. The zero-order chi connectivity index (χ0) is 20.4. The lowest BCUT2D eigenvalue weighted by molar-refractivity contribution is 0.101. The number of oxazole rings is 1. The van der Waals surface area contributed by atoms with Gasteiger partial charge in [0.25, 0.3) is 5.91 Å². The molecule has 29 heavy (non-hydrogen) atoms. The number of halogens is 2. The van der Waals surface area contributed by atoms with Crippen LogP contribution < -0.4 is 5.32 Å². The van der Waals surface area contributed by atoms with Crippen molar-refractivity contribution in [1.82, 2.24) is 9.97 Å². The summed E-state index contributed by atoms with van der Waals surface area (Å²) in [5, 5.41) is 2.41. The summed E-state index contributed by atoms with van der Waals surface area (Å²) < 4.78 is 32.8. The van der Waals surface area contributed by atoms with Gasteiger partial charge in [0, 0.05) is 17.3 Å². The minimum atomic E-state index is -0.932. The SMILES string of the molecule is Cc1ccc(-c2ncco2)cc1-c1ccc(NC(=O)c2c(F)cccc2F)nc1. The highest BCUT2D eigenvalue weighted by Gasteiger charge is 2.17. The summed E-state index contributed by atoms with van der Waals surface area (Å²) in [7, 11) is 0. The lowest BCUT2D eigenvalue weighted by Gasteiger charge is -2.10. The van der Waals surface area contributed by atoms with Crippen LogP contribution in [0.4, 0.5) is 14.6 Å². The quantitative estimate of drug-likeness (QED) is 0.516. The maximum Gasteiger partial charge on any atom is 0.262 e. The summed E-state index contributed by atoms with van der Waals surface area (Å²) in [4.78, 5) is 20.5. The molecule has 0 aliphatic carbocycles. The second-order valence-electron chi connectivity index (χ2n) is 6.35. The van der Waals surface area contributed by atoms with Crippen LogP contribution in [0.3, 0.4) is 0 Å². The van der Waals surface area contributed by atoms with Crippen LogP contribution in [-0.2, 0) is 0 Å². The number of benzene rings is 2. The number of carbonyl (C=O) groups is 1. The van der Waals surface area contributed by atoms with E-state index in [9.17, 15) is 13.6 Å². The summed E-state index contributed by atoms with van der Waals surface area (Å²) in [5.41, 5.74) is 2.93. The van der Waals surface area contributed by atoms with Crippen LogP contribution >= 0.6 is 0 Å². The molecule has 0 fully saturated rings. The second-order valence-corrected chi connectivity index (χ2v) is 6.35. The molecule has 0 unspecified atom stereocenters. The van der Waals surface area contributed by atoms with Crippen LogP contribution in [0.5, 0.6) is 0 Å². The topological polar surface area (TPSA) is 68.0 Å². The van der Waals surface area contributed by atoms with Crippen molar-refractivity contribution in [2.24, 2.45) is 0 Å². The van der Waals surface area contributed by atoms with Gasteiger partial charge in [0.15, 0.2) is 0 Å². The number of anilines is 1. The summed E-state index contributed by atoms with van der Waals surface area (Å²) in [5.74, 6) is -2.07. The largest absolute Gasteiger partial charge is 0.445 e. The van der Waals surface area contributed by atoms with Crippen LogP contribution in [0.15, 0.2) is 71.6 Å². The molecule has 1 amide bonds. The Morgan fingerprint density at radius 2 is 1.76 bits per heavy atom.